The van der Waals surface area contributed by atoms with E-state index >= 15 is 0 Å². The van der Waals surface area contributed by atoms with E-state index < -0.39 is 11.9 Å². The molecule has 2 aliphatic rings. The number of carboxylic acid groups (broad SMARTS) is 1. The summed E-state index contributed by atoms with van der Waals surface area (Å²) in [4.78, 5) is 41.7. The molecule has 1 unspecified atom stereocenters. The summed E-state index contributed by atoms with van der Waals surface area (Å²) < 4.78 is 1.87. The normalized spacial score (nSPS) is 18.2. The van der Waals surface area contributed by atoms with Crippen LogP contribution in [0.3, 0.4) is 0 Å². The SMILES string of the molecule is O=C(O)CCc1csc(NC(=O)c2cc3c(n(CC4C=CCCC4)c2=O)CCCCCC3)n1. The van der Waals surface area contributed by atoms with Crippen molar-refractivity contribution in [2.45, 2.75) is 77.2 Å². The van der Waals surface area contributed by atoms with E-state index in [1.807, 2.05) is 4.57 Å². The standard InChI is InChI=1S/C25H31N3O4S/c29-22(30)13-12-19-16-33-25(26-19)27-23(31)20-14-18-10-6-1-2-7-11-21(18)28(24(20)32)15-17-8-4-3-5-9-17/h4,8,14,16-17H,1-3,5-7,9-13,15H2,(H,29,30)(H,26,27,31). The number of amides is 1. The summed E-state index contributed by atoms with van der Waals surface area (Å²) in [6.07, 6.45) is 14.2. The zero-order valence-corrected chi connectivity index (χ0v) is 19.7. The molecule has 176 valence electrons. The Morgan fingerprint density at radius 2 is 2.00 bits per heavy atom. The maximum atomic E-state index is 13.5. The Morgan fingerprint density at radius 3 is 2.76 bits per heavy atom. The van der Waals surface area contributed by atoms with Gasteiger partial charge >= 0.3 is 5.97 Å². The number of carboxylic acids is 1. The highest BCUT2D eigenvalue weighted by molar-refractivity contribution is 7.14. The van der Waals surface area contributed by atoms with Crippen LogP contribution in [0.1, 0.15) is 78.7 Å². The van der Waals surface area contributed by atoms with Gasteiger partial charge in [-0.05, 0) is 62.5 Å². The van der Waals surface area contributed by atoms with Gasteiger partial charge in [0.05, 0.1) is 12.1 Å². The zero-order chi connectivity index (χ0) is 23.2. The molecule has 1 atom stereocenters. The first-order chi connectivity index (χ1) is 16.0. The Balaban J connectivity index is 1.62. The topological polar surface area (TPSA) is 101 Å². The lowest BCUT2D eigenvalue weighted by molar-refractivity contribution is -0.136. The second-order valence-corrected chi connectivity index (χ2v) is 9.83. The molecule has 8 heteroatoms. The third-order valence-corrected chi connectivity index (χ3v) is 7.29. The fourth-order valence-electron chi connectivity index (χ4n) is 4.74. The van der Waals surface area contributed by atoms with E-state index in [2.05, 4.69) is 22.5 Å². The van der Waals surface area contributed by atoms with E-state index in [1.165, 1.54) is 24.2 Å². The number of aromatic nitrogens is 2. The molecular formula is C25H31N3O4S. The van der Waals surface area contributed by atoms with Crippen LogP contribution in [0.4, 0.5) is 5.13 Å². The van der Waals surface area contributed by atoms with Crippen LogP contribution in [0.25, 0.3) is 0 Å². The average Bonchev–Trinajstić information content (AvgIpc) is 3.23. The Morgan fingerprint density at radius 1 is 1.18 bits per heavy atom. The van der Waals surface area contributed by atoms with Crippen LogP contribution in [-0.4, -0.2) is 26.5 Å². The first-order valence-corrected chi connectivity index (χ1v) is 12.8. The number of thiazole rings is 1. The molecule has 7 nitrogen and oxygen atoms in total. The monoisotopic (exact) mass is 469 g/mol. The molecule has 0 aliphatic heterocycles. The predicted octanol–water partition coefficient (Wildman–Crippen LogP) is 4.59. The summed E-state index contributed by atoms with van der Waals surface area (Å²) in [6.45, 7) is 0.620. The number of nitrogens with one attached hydrogen (secondary N) is 1. The number of anilines is 1. The van der Waals surface area contributed by atoms with Gasteiger partial charge in [0.1, 0.15) is 5.56 Å². The van der Waals surface area contributed by atoms with Crippen LogP contribution in [0.15, 0.2) is 28.4 Å². The van der Waals surface area contributed by atoms with Crippen LogP contribution in [0.5, 0.6) is 0 Å². The average molecular weight is 470 g/mol. The minimum atomic E-state index is -0.886. The smallest absolute Gasteiger partial charge is 0.303 e. The number of aliphatic carboxylic acids is 1. The van der Waals surface area contributed by atoms with Crippen LogP contribution in [0, 0.1) is 5.92 Å². The number of carbonyl (C=O) groups is 2. The highest BCUT2D eigenvalue weighted by Crippen LogP contribution is 2.24. The fraction of sp³-hybridized carbons (Fsp3) is 0.520. The van der Waals surface area contributed by atoms with Gasteiger partial charge in [0.25, 0.3) is 11.5 Å². The second-order valence-electron chi connectivity index (χ2n) is 8.97. The Labute approximate surface area is 197 Å². The van der Waals surface area contributed by atoms with Gasteiger partial charge in [-0.3, -0.25) is 19.7 Å². The quantitative estimate of drug-likeness (QED) is 0.578. The second kappa shape index (κ2) is 10.9. The number of hydrogen-bond donors (Lipinski definition) is 2. The Bertz CT molecular complexity index is 1100. The van der Waals surface area contributed by atoms with Crippen molar-refractivity contribution in [1.82, 2.24) is 9.55 Å². The van der Waals surface area contributed by atoms with Gasteiger partial charge in [-0.2, -0.15) is 0 Å². The first kappa shape index (κ1) is 23.4. The molecule has 2 N–H and O–H groups in total. The lowest BCUT2D eigenvalue weighted by atomic mass is 9.93. The molecule has 0 radical (unpaired) electrons. The van der Waals surface area contributed by atoms with Crippen molar-refractivity contribution < 1.29 is 14.7 Å². The number of aryl methyl sites for hydroxylation is 2. The molecule has 0 saturated carbocycles. The molecular weight excluding hydrogens is 438 g/mol. The number of rotatable bonds is 7. The molecule has 2 heterocycles. The Hall–Kier alpha value is -2.74. The van der Waals surface area contributed by atoms with E-state index in [1.54, 1.807) is 11.4 Å². The lowest BCUT2D eigenvalue weighted by Crippen LogP contribution is -2.34. The Kier molecular flexibility index (Phi) is 7.75. The predicted molar refractivity (Wildman–Crippen MR) is 129 cm³/mol. The summed E-state index contributed by atoms with van der Waals surface area (Å²) in [7, 11) is 0. The van der Waals surface area contributed by atoms with Crippen LogP contribution in [0.2, 0.25) is 0 Å². The van der Waals surface area contributed by atoms with Crippen molar-refractivity contribution in [1.29, 1.82) is 0 Å². The van der Waals surface area contributed by atoms with Crippen LogP contribution in [-0.2, 0) is 30.6 Å². The molecule has 2 aromatic heterocycles. The molecule has 0 bridgehead atoms. The summed E-state index contributed by atoms with van der Waals surface area (Å²) in [5.74, 6) is -1.01. The molecule has 0 saturated heterocycles. The minimum Gasteiger partial charge on any atom is -0.481 e. The number of hydrogen-bond acceptors (Lipinski definition) is 5. The molecule has 33 heavy (non-hydrogen) atoms. The summed E-state index contributed by atoms with van der Waals surface area (Å²) in [6, 6.07) is 1.80. The number of allylic oxidation sites excluding steroid dienone is 2. The zero-order valence-electron chi connectivity index (χ0n) is 18.8. The highest BCUT2D eigenvalue weighted by atomic mass is 32.1. The number of carbonyl (C=O) groups excluding carboxylic acids is 1. The highest BCUT2D eigenvalue weighted by Gasteiger charge is 2.22. The number of fused-ring (bicyclic) bond motifs is 1. The van der Waals surface area contributed by atoms with Crippen molar-refractivity contribution in [3.63, 3.8) is 0 Å². The van der Waals surface area contributed by atoms with E-state index in [0.29, 0.717) is 29.7 Å². The third-order valence-electron chi connectivity index (χ3n) is 6.48. The van der Waals surface area contributed by atoms with E-state index in [4.69, 9.17) is 5.11 Å². The first-order valence-electron chi connectivity index (χ1n) is 11.9. The van der Waals surface area contributed by atoms with Crippen molar-refractivity contribution in [2.24, 2.45) is 5.92 Å². The van der Waals surface area contributed by atoms with Gasteiger partial charge in [0, 0.05) is 24.0 Å². The van der Waals surface area contributed by atoms with Crippen LogP contribution < -0.4 is 10.9 Å². The van der Waals surface area contributed by atoms with Gasteiger partial charge in [-0.15, -0.1) is 11.3 Å². The molecule has 2 aromatic rings. The van der Waals surface area contributed by atoms with Gasteiger partial charge in [0.2, 0.25) is 0 Å². The van der Waals surface area contributed by atoms with E-state index in [0.717, 1.165) is 56.2 Å². The maximum Gasteiger partial charge on any atom is 0.303 e. The third kappa shape index (κ3) is 5.99. The minimum absolute atomic E-state index is 0.0116. The molecule has 0 spiro atoms. The molecule has 1 amide bonds. The van der Waals surface area contributed by atoms with Gasteiger partial charge in [0.15, 0.2) is 5.13 Å². The van der Waals surface area contributed by atoms with Crippen LogP contribution >= 0.6 is 11.3 Å². The van der Waals surface area contributed by atoms with Crippen molar-refractivity contribution in [3.8, 4) is 0 Å². The number of nitrogens with zero attached hydrogens (tertiary/aromatic N) is 2. The summed E-state index contributed by atoms with van der Waals surface area (Å²) in [5, 5.41) is 13.7. The molecule has 0 fully saturated rings. The summed E-state index contributed by atoms with van der Waals surface area (Å²) in [5.41, 5.74) is 2.77. The van der Waals surface area contributed by atoms with Gasteiger partial charge < -0.3 is 9.67 Å². The van der Waals surface area contributed by atoms with E-state index in [-0.39, 0.29) is 17.5 Å². The fourth-order valence-corrected chi connectivity index (χ4v) is 5.48. The van der Waals surface area contributed by atoms with Crippen molar-refractivity contribution >= 4 is 28.3 Å². The van der Waals surface area contributed by atoms with E-state index in [9.17, 15) is 14.4 Å². The molecule has 0 aromatic carbocycles. The number of pyridine rings is 1. The van der Waals surface area contributed by atoms with Crippen molar-refractivity contribution in [2.75, 3.05) is 5.32 Å². The van der Waals surface area contributed by atoms with Crippen molar-refractivity contribution in [3.05, 3.63) is 56.5 Å². The summed E-state index contributed by atoms with van der Waals surface area (Å²) >= 11 is 1.24. The largest absolute Gasteiger partial charge is 0.481 e. The van der Waals surface area contributed by atoms with Gasteiger partial charge in [-0.1, -0.05) is 25.0 Å². The van der Waals surface area contributed by atoms with Gasteiger partial charge in [-0.25, -0.2) is 4.98 Å². The maximum absolute atomic E-state index is 13.5. The molecule has 4 rings (SSSR count). The lowest BCUT2D eigenvalue weighted by Gasteiger charge is -2.24. The molecule has 2 aliphatic carbocycles.